The molecule has 1 aliphatic heterocycles. The number of carbonyl (C=O) groups is 1. The molecule has 3 rings (SSSR count). The Morgan fingerprint density at radius 2 is 1.94 bits per heavy atom. The van der Waals surface area contributed by atoms with Crippen molar-refractivity contribution >= 4 is 15.9 Å². The first-order chi connectivity index (χ1) is 16.5. The smallest absolute Gasteiger partial charge is 0.228 e. The van der Waals surface area contributed by atoms with E-state index < -0.39 is 38.2 Å². The quantitative estimate of drug-likeness (QED) is 0.407. The summed E-state index contributed by atoms with van der Waals surface area (Å²) in [5.74, 6) is -2.12. The van der Waals surface area contributed by atoms with Crippen LogP contribution >= 0.6 is 0 Å². The molecule has 0 aromatic heterocycles. The fourth-order valence-electron chi connectivity index (χ4n) is 5.10. The summed E-state index contributed by atoms with van der Waals surface area (Å²) in [4.78, 5) is 12.4. The van der Waals surface area contributed by atoms with Gasteiger partial charge in [0.15, 0.2) is 5.79 Å². The molecule has 1 saturated carbocycles. The molecule has 192 valence electrons. The molecule has 0 radical (unpaired) electrons. The summed E-state index contributed by atoms with van der Waals surface area (Å²) in [6.45, 7) is 7.35. The van der Waals surface area contributed by atoms with Crippen molar-refractivity contribution in [2.75, 3.05) is 14.2 Å². The van der Waals surface area contributed by atoms with E-state index in [0.717, 1.165) is 0 Å². The number of methoxy groups -OCH3 is 2. The molecule has 2 atom stereocenters. The number of ether oxygens (including phenoxy) is 2. The molecule has 2 aliphatic rings. The molecule has 7 nitrogen and oxygen atoms in total. The number of allylic oxidation sites excluding steroid dienone is 4. The first-order valence-corrected chi connectivity index (χ1v) is 13.2. The molecule has 2 fully saturated rings. The van der Waals surface area contributed by atoms with Gasteiger partial charge in [-0.3, -0.25) is 4.79 Å². The van der Waals surface area contributed by atoms with Crippen LogP contribution in [0, 0.1) is 5.82 Å². The Labute approximate surface area is 207 Å². The van der Waals surface area contributed by atoms with Gasteiger partial charge in [0.1, 0.15) is 11.1 Å². The first kappa shape index (κ1) is 27.3. The van der Waals surface area contributed by atoms with Gasteiger partial charge in [0, 0.05) is 45.2 Å². The van der Waals surface area contributed by atoms with Gasteiger partial charge in [0.05, 0.1) is 5.41 Å². The van der Waals surface area contributed by atoms with Crippen molar-refractivity contribution in [3.05, 3.63) is 71.6 Å². The van der Waals surface area contributed by atoms with Crippen LogP contribution in [-0.4, -0.2) is 49.9 Å². The van der Waals surface area contributed by atoms with Crippen LogP contribution in [0.25, 0.3) is 0 Å². The lowest BCUT2D eigenvalue weighted by Crippen LogP contribution is -2.62. The molecule has 9 heteroatoms. The number of nitrogens with zero attached hydrogens (tertiary/aromatic N) is 1. The Balaban J connectivity index is 1.90. The van der Waals surface area contributed by atoms with Crippen molar-refractivity contribution in [1.82, 2.24) is 4.31 Å². The number of nitrogens with two attached hydrogens (primary N) is 1. The highest BCUT2D eigenvalue weighted by molar-refractivity contribution is 7.90. The lowest BCUT2D eigenvalue weighted by molar-refractivity contribution is -0.274. The molecule has 0 unspecified atom stereocenters. The first-order valence-electron chi connectivity index (χ1n) is 11.7. The second-order valence-electron chi connectivity index (χ2n) is 9.33. The van der Waals surface area contributed by atoms with Crippen LogP contribution in [0.3, 0.4) is 0 Å². The van der Waals surface area contributed by atoms with Gasteiger partial charge >= 0.3 is 0 Å². The zero-order valence-corrected chi connectivity index (χ0v) is 21.6. The topological polar surface area (TPSA) is 98.9 Å². The molecule has 1 aliphatic carbocycles. The van der Waals surface area contributed by atoms with E-state index in [2.05, 4.69) is 6.58 Å². The van der Waals surface area contributed by atoms with Gasteiger partial charge in [-0.25, -0.2) is 12.8 Å². The zero-order chi connectivity index (χ0) is 26.0. The Morgan fingerprint density at radius 1 is 1.29 bits per heavy atom. The van der Waals surface area contributed by atoms with Crippen molar-refractivity contribution in [1.29, 1.82) is 0 Å². The summed E-state index contributed by atoms with van der Waals surface area (Å²) in [5, 5.41) is -0.737. The summed E-state index contributed by atoms with van der Waals surface area (Å²) in [6, 6.07) is 4.16. The molecule has 1 amide bonds. The number of carbonyl (C=O) groups excluding carboxylic acids is 1. The average molecular weight is 507 g/mol. The highest BCUT2D eigenvalue weighted by Gasteiger charge is 2.60. The van der Waals surface area contributed by atoms with Crippen molar-refractivity contribution in [2.24, 2.45) is 5.73 Å². The average Bonchev–Trinajstić information content (AvgIpc) is 2.79. The number of hydrogen-bond acceptors (Lipinski definition) is 5. The van der Waals surface area contributed by atoms with Crippen LogP contribution in [0.1, 0.15) is 50.7 Å². The fraction of sp³-hybridized carbons (Fsp3) is 0.500. The lowest BCUT2D eigenvalue weighted by Gasteiger charge is -2.52. The molecule has 0 spiro atoms. The third-order valence-corrected chi connectivity index (χ3v) is 9.77. The van der Waals surface area contributed by atoms with E-state index in [1.807, 2.05) is 19.9 Å². The predicted octanol–water partition coefficient (Wildman–Crippen LogP) is 3.70. The Bertz CT molecular complexity index is 1130. The van der Waals surface area contributed by atoms with Gasteiger partial charge in [-0.2, -0.15) is 4.31 Å². The van der Waals surface area contributed by atoms with E-state index in [0.29, 0.717) is 24.0 Å². The minimum Gasteiger partial charge on any atom is -0.369 e. The van der Waals surface area contributed by atoms with E-state index in [4.69, 9.17) is 15.2 Å². The third-order valence-electron chi connectivity index (χ3n) is 7.40. The highest BCUT2D eigenvalue weighted by atomic mass is 32.2. The number of halogens is 1. The maximum absolute atomic E-state index is 15.3. The minimum absolute atomic E-state index is 0.107. The van der Waals surface area contributed by atoms with Gasteiger partial charge in [0.2, 0.25) is 15.9 Å². The second kappa shape index (κ2) is 10.3. The van der Waals surface area contributed by atoms with Crippen molar-refractivity contribution in [3.8, 4) is 0 Å². The Hall–Kier alpha value is -2.33. The zero-order valence-electron chi connectivity index (χ0n) is 20.8. The highest BCUT2D eigenvalue weighted by Crippen LogP contribution is 2.52. The van der Waals surface area contributed by atoms with Crippen LogP contribution in [0.4, 0.5) is 4.39 Å². The largest absolute Gasteiger partial charge is 0.369 e. The summed E-state index contributed by atoms with van der Waals surface area (Å²) in [5.41, 5.74) is 5.85. The van der Waals surface area contributed by atoms with Gasteiger partial charge < -0.3 is 15.2 Å². The molecular weight excluding hydrogens is 471 g/mol. The SMILES string of the molecule is C=C/C(=C\C=C/C)[C@H]1CC[C@H](C)N(Cc2ccc(C3(C(N)=O)CC(OC)(OC)C3)cc2F)S1(=O)=O. The van der Waals surface area contributed by atoms with Crippen LogP contribution in [-0.2, 0) is 36.3 Å². The van der Waals surface area contributed by atoms with Crippen molar-refractivity contribution < 1.29 is 27.1 Å². The van der Waals surface area contributed by atoms with Gasteiger partial charge in [-0.05, 0) is 43.9 Å². The van der Waals surface area contributed by atoms with Gasteiger partial charge in [-0.15, -0.1) is 0 Å². The lowest BCUT2D eigenvalue weighted by atomic mass is 9.60. The van der Waals surface area contributed by atoms with Crippen LogP contribution in [0.2, 0.25) is 0 Å². The standard InChI is InChI=1S/C26H35FN2O5S/c1-6-8-9-19(7-2)23-13-10-18(3)29(35(23,31)32)15-20-11-12-21(14-22(20)27)25(24(28)30)16-26(17-25,33-4)34-5/h6-9,11-12,14,18,23H,2,10,13,15-17H2,1,3-5H3,(H2,28,30)/b8-6-,19-9+/t18-,23+/m0/s1. The summed E-state index contributed by atoms with van der Waals surface area (Å²) >= 11 is 0. The van der Waals surface area contributed by atoms with E-state index in [-0.39, 0.29) is 31.0 Å². The van der Waals surface area contributed by atoms with Crippen molar-refractivity contribution in [3.63, 3.8) is 0 Å². The summed E-state index contributed by atoms with van der Waals surface area (Å²) in [7, 11) is -0.785. The van der Waals surface area contributed by atoms with Crippen LogP contribution in [0.5, 0.6) is 0 Å². The van der Waals surface area contributed by atoms with E-state index >= 15 is 4.39 Å². The number of hydrogen-bond donors (Lipinski definition) is 1. The minimum atomic E-state index is -3.75. The number of sulfonamides is 1. The monoisotopic (exact) mass is 506 g/mol. The molecule has 35 heavy (non-hydrogen) atoms. The molecule has 1 aromatic carbocycles. The number of amides is 1. The normalized spacial score (nSPS) is 25.8. The maximum Gasteiger partial charge on any atom is 0.228 e. The molecular formula is C26H35FN2O5S. The molecule has 1 heterocycles. The van der Waals surface area contributed by atoms with E-state index in [9.17, 15) is 13.2 Å². The molecule has 1 aromatic rings. The van der Waals surface area contributed by atoms with Gasteiger partial charge in [0.25, 0.3) is 0 Å². The van der Waals surface area contributed by atoms with Crippen molar-refractivity contribution in [2.45, 2.75) is 68.6 Å². The van der Waals surface area contributed by atoms with E-state index in [1.165, 1.54) is 30.7 Å². The predicted molar refractivity (Wildman–Crippen MR) is 133 cm³/mol. The summed E-state index contributed by atoms with van der Waals surface area (Å²) in [6.07, 6.45) is 8.37. The fourth-order valence-corrected chi connectivity index (χ4v) is 7.31. The number of benzene rings is 1. The molecule has 2 N–H and O–H groups in total. The second-order valence-corrected chi connectivity index (χ2v) is 11.4. The molecule has 0 bridgehead atoms. The molecule has 1 saturated heterocycles. The van der Waals surface area contributed by atoms with Gasteiger partial charge in [-0.1, -0.05) is 43.0 Å². The number of primary amides is 1. The number of rotatable bonds is 9. The van der Waals surface area contributed by atoms with E-state index in [1.54, 1.807) is 24.3 Å². The van der Waals surface area contributed by atoms with Crippen LogP contribution in [0.15, 0.2) is 54.7 Å². The Kier molecular flexibility index (Phi) is 8.06. The maximum atomic E-state index is 15.3. The Morgan fingerprint density at radius 3 is 2.46 bits per heavy atom. The summed E-state index contributed by atoms with van der Waals surface area (Å²) < 4.78 is 54.5. The van der Waals surface area contributed by atoms with Crippen LogP contribution < -0.4 is 5.73 Å². The third kappa shape index (κ3) is 4.87.